The van der Waals surface area contributed by atoms with Crippen LogP contribution in [0.15, 0.2) is 0 Å². The van der Waals surface area contributed by atoms with Crippen molar-refractivity contribution in [1.29, 1.82) is 0 Å². The molecular weight excluding hydrogens is 504 g/mol. The highest BCUT2D eigenvalue weighted by Gasteiger charge is 2.95. The summed E-state index contributed by atoms with van der Waals surface area (Å²) in [7, 11) is 0. The lowest BCUT2D eigenvalue weighted by atomic mass is 9.94. The number of hydrogen-bond donors (Lipinski definition) is 1. The summed E-state index contributed by atoms with van der Waals surface area (Å²) >= 11 is 0. The molecule has 0 bridgehead atoms. The first-order valence-corrected chi connectivity index (χ1v) is 7.81. The molecule has 1 aliphatic heterocycles. The van der Waals surface area contributed by atoms with Crippen LogP contribution in [0.5, 0.6) is 0 Å². The monoisotopic (exact) mass is 518 g/mol. The molecule has 194 valence electrons. The van der Waals surface area contributed by atoms with E-state index in [-0.39, 0.29) is 0 Å². The van der Waals surface area contributed by atoms with Gasteiger partial charge in [-0.25, -0.2) is 13.6 Å². The van der Waals surface area contributed by atoms with Crippen molar-refractivity contribution < 1.29 is 75.0 Å². The van der Waals surface area contributed by atoms with Gasteiger partial charge in [-0.15, -0.1) is 9.29 Å². The Balaban J connectivity index is 0. The second-order valence-corrected chi connectivity index (χ2v) is 5.66. The Bertz CT molecular complexity index is 561. The van der Waals surface area contributed by atoms with E-state index < -0.39 is 60.6 Å². The number of amides is 1. The minimum atomic E-state index is -7.06. The standard InChI is InChI=1S/C6H2F11N.C5H10FNO.C2H2F4/c7-1-18-5(14,15)3(10,11)2(8,9)4(12,13)6(18,16)17;1-2-3-4-7-5(6)8;3-1-2(4,5)6/h1H2;2-4H2,1H3,(H,7,8);1H2. The zero-order valence-electron chi connectivity index (χ0n) is 15.4. The van der Waals surface area contributed by atoms with E-state index in [0.29, 0.717) is 6.54 Å². The van der Waals surface area contributed by atoms with Gasteiger partial charge in [-0.3, -0.25) is 0 Å². The average molecular weight is 518 g/mol. The molecule has 1 saturated heterocycles. The van der Waals surface area contributed by atoms with Gasteiger partial charge in [-0.1, -0.05) is 13.3 Å². The molecule has 1 aliphatic rings. The predicted molar refractivity (Wildman–Crippen MR) is 74.0 cm³/mol. The van der Waals surface area contributed by atoms with Gasteiger partial charge in [0.15, 0.2) is 13.5 Å². The van der Waals surface area contributed by atoms with E-state index in [1.165, 1.54) is 0 Å². The van der Waals surface area contributed by atoms with E-state index in [2.05, 4.69) is 0 Å². The average Bonchev–Trinajstić information content (AvgIpc) is 2.60. The molecule has 1 heterocycles. The Labute approximate surface area is 168 Å². The fraction of sp³-hybridized carbons (Fsp3) is 0.923. The first-order chi connectivity index (χ1) is 14.0. The third-order valence-corrected chi connectivity index (χ3v) is 3.29. The smallest absolute Gasteiger partial charge is 0.328 e. The van der Waals surface area contributed by atoms with Crippen LogP contribution >= 0.6 is 0 Å². The number of nitrogens with one attached hydrogen (secondary N) is 1. The summed E-state index contributed by atoms with van der Waals surface area (Å²) in [6.07, 6.45) is -4.24. The number of carbonyl (C=O) groups is 1. The number of halogens is 16. The first-order valence-electron chi connectivity index (χ1n) is 7.81. The highest BCUT2D eigenvalue weighted by atomic mass is 19.4. The van der Waals surface area contributed by atoms with Crippen molar-refractivity contribution in [3.8, 4) is 0 Å². The number of hydrogen-bond acceptors (Lipinski definition) is 2. The molecular formula is C13H14F16N2O. The van der Waals surface area contributed by atoms with Gasteiger partial charge < -0.3 is 5.32 Å². The molecule has 0 unspecified atom stereocenters. The molecule has 0 atom stereocenters. The lowest BCUT2D eigenvalue weighted by molar-refractivity contribution is -0.509. The van der Waals surface area contributed by atoms with Crippen LogP contribution in [0, 0.1) is 0 Å². The van der Waals surface area contributed by atoms with E-state index >= 15 is 0 Å². The Morgan fingerprint density at radius 1 is 0.812 bits per heavy atom. The molecule has 3 nitrogen and oxygen atoms in total. The van der Waals surface area contributed by atoms with Gasteiger partial charge in [0.05, 0.1) is 0 Å². The van der Waals surface area contributed by atoms with E-state index in [4.69, 9.17) is 0 Å². The Hall–Kier alpha value is -1.69. The summed E-state index contributed by atoms with van der Waals surface area (Å²) in [6.45, 7) is -2.98. The maximum atomic E-state index is 12.6. The van der Waals surface area contributed by atoms with Crippen LogP contribution in [0.4, 0.5) is 75.0 Å². The molecule has 0 aromatic heterocycles. The lowest BCUT2D eigenvalue weighted by Crippen LogP contribution is -2.81. The third-order valence-electron chi connectivity index (χ3n) is 3.29. The van der Waals surface area contributed by atoms with Crippen LogP contribution in [-0.4, -0.2) is 67.1 Å². The van der Waals surface area contributed by atoms with E-state index in [9.17, 15) is 75.0 Å². The van der Waals surface area contributed by atoms with Crippen LogP contribution in [0.2, 0.25) is 0 Å². The molecule has 1 amide bonds. The summed E-state index contributed by atoms with van der Waals surface area (Å²) in [4.78, 5) is 6.94. The largest absolute Gasteiger partial charge is 0.416 e. The normalized spacial score (nSPS) is 22.5. The number of carbonyl (C=O) groups excluding carboxylic acids is 1. The lowest BCUT2D eigenvalue weighted by Gasteiger charge is -2.50. The molecule has 0 spiro atoms. The van der Waals surface area contributed by atoms with Gasteiger partial charge in [0.1, 0.15) is 0 Å². The zero-order chi connectivity index (χ0) is 26.4. The second kappa shape index (κ2) is 11.0. The van der Waals surface area contributed by atoms with Crippen molar-refractivity contribution in [2.24, 2.45) is 0 Å². The Morgan fingerprint density at radius 2 is 1.16 bits per heavy atom. The van der Waals surface area contributed by atoms with Crippen molar-refractivity contribution >= 4 is 6.16 Å². The van der Waals surface area contributed by atoms with E-state index in [1.54, 1.807) is 0 Å². The minimum Gasteiger partial charge on any atom is -0.328 e. The van der Waals surface area contributed by atoms with Crippen molar-refractivity contribution in [2.45, 2.75) is 55.8 Å². The van der Waals surface area contributed by atoms with Crippen LogP contribution in [0.3, 0.4) is 0 Å². The molecule has 0 aromatic rings. The molecule has 1 rings (SSSR count). The van der Waals surface area contributed by atoms with Gasteiger partial charge in [0.25, 0.3) is 0 Å². The predicted octanol–water partition coefficient (Wildman–Crippen LogP) is 6.30. The third kappa shape index (κ3) is 6.66. The minimum absolute atomic E-state index is 0.450. The summed E-state index contributed by atoms with van der Waals surface area (Å²) in [5.74, 6) is -20.8. The molecule has 19 heteroatoms. The fourth-order valence-corrected chi connectivity index (χ4v) is 1.60. The first kappa shape index (κ1) is 32.5. The molecule has 32 heavy (non-hydrogen) atoms. The fourth-order valence-electron chi connectivity index (χ4n) is 1.60. The van der Waals surface area contributed by atoms with Crippen LogP contribution in [-0.2, 0) is 0 Å². The van der Waals surface area contributed by atoms with E-state index in [0.717, 1.165) is 12.8 Å². The van der Waals surface area contributed by atoms with Crippen molar-refractivity contribution in [3.63, 3.8) is 0 Å². The highest BCUT2D eigenvalue weighted by Crippen LogP contribution is 2.64. The maximum Gasteiger partial charge on any atom is 0.416 e. The number of piperidine rings is 1. The number of unbranched alkanes of at least 4 members (excludes halogenated alkanes) is 1. The SMILES string of the molecule is CCCCNC(=O)F.FCC(F)(F)F.FCN1C(F)(F)C(F)(F)C(F)(F)C(F)(F)C1(F)F. The van der Waals surface area contributed by atoms with Gasteiger partial charge in [-0.05, 0) is 6.42 Å². The number of nitrogens with zero attached hydrogens (tertiary/aromatic N) is 1. The maximum absolute atomic E-state index is 12.6. The zero-order valence-corrected chi connectivity index (χ0v) is 15.4. The number of likely N-dealkylation sites (tertiary alicyclic amines) is 1. The number of alkyl halides is 15. The van der Waals surface area contributed by atoms with Gasteiger partial charge in [0, 0.05) is 6.54 Å². The van der Waals surface area contributed by atoms with Crippen LogP contribution in [0.1, 0.15) is 19.8 Å². The Kier molecular flexibility index (Phi) is 11.1. The molecule has 0 aromatic carbocycles. The van der Waals surface area contributed by atoms with Crippen LogP contribution in [0.25, 0.3) is 0 Å². The molecule has 1 N–H and O–H groups in total. The second-order valence-electron chi connectivity index (χ2n) is 5.66. The van der Waals surface area contributed by atoms with Crippen molar-refractivity contribution in [2.75, 3.05) is 20.0 Å². The van der Waals surface area contributed by atoms with E-state index in [1.807, 2.05) is 12.2 Å². The summed E-state index contributed by atoms with van der Waals surface area (Å²) < 4.78 is 190. The quantitative estimate of drug-likeness (QED) is 0.205. The molecule has 0 saturated carbocycles. The van der Waals surface area contributed by atoms with Gasteiger partial charge in [0.2, 0.25) is 0 Å². The number of rotatable bonds is 4. The topological polar surface area (TPSA) is 32.3 Å². The summed E-state index contributed by atoms with van der Waals surface area (Å²) in [6, 6.07) is -13.0. The summed E-state index contributed by atoms with van der Waals surface area (Å²) in [5.41, 5.74) is 0. The molecule has 1 fully saturated rings. The Morgan fingerprint density at radius 3 is 1.38 bits per heavy atom. The van der Waals surface area contributed by atoms with Gasteiger partial charge in [-0.2, -0.15) is 57.1 Å². The van der Waals surface area contributed by atoms with Crippen LogP contribution < -0.4 is 5.32 Å². The molecule has 0 radical (unpaired) electrons. The van der Waals surface area contributed by atoms with Crippen molar-refractivity contribution in [3.05, 3.63) is 0 Å². The van der Waals surface area contributed by atoms with Crippen molar-refractivity contribution in [1.82, 2.24) is 10.2 Å². The van der Waals surface area contributed by atoms with Gasteiger partial charge >= 0.3 is 42.2 Å². The molecule has 0 aliphatic carbocycles. The summed E-state index contributed by atoms with van der Waals surface area (Å²) in [5, 5.41) is 2.04. The highest BCUT2D eigenvalue weighted by molar-refractivity contribution is 5.65.